The molecule has 12 heteroatoms. The molecule has 0 amide bonds. The first-order valence-corrected chi connectivity index (χ1v) is 11.7. The molecule has 3 radical (unpaired) electrons. The van der Waals surface area contributed by atoms with E-state index in [1.165, 1.54) is 18.5 Å². The summed E-state index contributed by atoms with van der Waals surface area (Å²) in [6.45, 7) is 2.98. The minimum absolute atomic E-state index is 0. The largest absolute Gasteiger partial charge is 0.488 e. The molecule has 1 unspecified atom stereocenters. The Kier molecular flexibility index (Phi) is 8.02. The average molecular weight is 528 g/mol. The van der Waals surface area contributed by atoms with Crippen molar-refractivity contribution < 1.29 is 27.0 Å². The average Bonchev–Trinajstić information content (AvgIpc) is 2.89. The quantitative estimate of drug-likeness (QED) is 0.330. The van der Waals surface area contributed by atoms with Gasteiger partial charge >= 0.3 is 6.18 Å². The summed E-state index contributed by atoms with van der Waals surface area (Å²) < 4.78 is 63.9. The first-order valence-electron chi connectivity index (χ1n) is 11.7. The Morgan fingerprint density at radius 3 is 2.32 bits per heavy atom. The zero-order valence-electron chi connectivity index (χ0n) is 20.2. The number of hydrogen-bond donors (Lipinski definition) is 1. The van der Waals surface area contributed by atoms with Gasteiger partial charge in [-0.3, -0.25) is 0 Å². The lowest BCUT2D eigenvalue weighted by molar-refractivity contribution is -0.145. The second-order valence-corrected chi connectivity index (χ2v) is 8.73. The molecule has 0 saturated carbocycles. The lowest BCUT2D eigenvalue weighted by atomic mass is 10.0. The van der Waals surface area contributed by atoms with Crippen molar-refractivity contribution in [2.45, 2.75) is 38.1 Å². The molecule has 2 aromatic carbocycles. The van der Waals surface area contributed by atoms with Gasteiger partial charge in [0.05, 0.1) is 19.3 Å². The third-order valence-corrected chi connectivity index (χ3v) is 6.12. The number of anilines is 1. The number of benzene rings is 2. The molecule has 0 spiro atoms. The van der Waals surface area contributed by atoms with Crippen molar-refractivity contribution in [2.24, 2.45) is 0 Å². The van der Waals surface area contributed by atoms with Gasteiger partial charge in [-0.2, -0.15) is 13.2 Å². The minimum Gasteiger partial charge on any atom is -0.488 e. The van der Waals surface area contributed by atoms with E-state index in [0.29, 0.717) is 41.2 Å². The standard InChI is InChI=1S/C26H23F4N5O2.N/c1-15(18-12-31-25(32-13-18)26(28,29)30)35-24-21-10-17(16-2-4-19(27)5-3-16)11-22(23(21)33-14-34-24)37-20-6-8-36-9-7-20;/h2-5,10-15,20H,6-9H2,1H3,(H,33,34,35);. The lowest BCUT2D eigenvalue weighted by Gasteiger charge is -2.24. The molecule has 5 rings (SSSR count). The Labute approximate surface area is 216 Å². The van der Waals surface area contributed by atoms with Crippen molar-refractivity contribution in [3.05, 3.63) is 72.3 Å². The van der Waals surface area contributed by atoms with Crippen LogP contribution < -0.4 is 16.2 Å². The maximum absolute atomic E-state index is 13.6. The van der Waals surface area contributed by atoms with Crippen LogP contribution in [0.5, 0.6) is 5.75 Å². The number of ether oxygens (including phenoxy) is 2. The van der Waals surface area contributed by atoms with Gasteiger partial charge < -0.3 is 14.8 Å². The number of halogens is 4. The molecule has 3 heterocycles. The van der Waals surface area contributed by atoms with E-state index in [1.807, 2.05) is 12.1 Å². The fraction of sp³-hybridized carbons (Fsp3) is 0.308. The van der Waals surface area contributed by atoms with Crippen LogP contribution in [0.15, 0.2) is 55.1 Å². The number of rotatable bonds is 6. The van der Waals surface area contributed by atoms with Crippen LogP contribution in [0.25, 0.3) is 22.0 Å². The highest BCUT2D eigenvalue weighted by Gasteiger charge is 2.34. The van der Waals surface area contributed by atoms with Crippen LogP contribution in [0.1, 0.15) is 37.2 Å². The summed E-state index contributed by atoms with van der Waals surface area (Å²) in [4.78, 5) is 15.7. The molecule has 1 fully saturated rings. The molecule has 4 aromatic rings. The summed E-state index contributed by atoms with van der Waals surface area (Å²) >= 11 is 0. The van der Waals surface area contributed by atoms with Gasteiger partial charge in [0.15, 0.2) is 0 Å². The van der Waals surface area contributed by atoms with Gasteiger partial charge in [0.2, 0.25) is 5.82 Å². The van der Waals surface area contributed by atoms with Gasteiger partial charge in [-0.15, -0.1) is 0 Å². The first kappa shape index (κ1) is 27.1. The van der Waals surface area contributed by atoms with Gasteiger partial charge in [0, 0.05) is 42.3 Å². The second-order valence-electron chi connectivity index (χ2n) is 8.73. The van der Waals surface area contributed by atoms with Crippen LogP contribution in [-0.2, 0) is 10.9 Å². The van der Waals surface area contributed by atoms with Crippen LogP contribution in [0.2, 0.25) is 0 Å². The topological polar surface area (TPSA) is 113 Å². The summed E-state index contributed by atoms with van der Waals surface area (Å²) in [5, 5.41) is 3.87. The van der Waals surface area contributed by atoms with Crippen LogP contribution in [0.4, 0.5) is 23.4 Å². The van der Waals surface area contributed by atoms with Crippen molar-refractivity contribution in [3.8, 4) is 16.9 Å². The number of fused-ring (bicyclic) bond motifs is 1. The van der Waals surface area contributed by atoms with E-state index < -0.39 is 18.0 Å². The first-order chi connectivity index (χ1) is 17.8. The van der Waals surface area contributed by atoms with E-state index in [1.54, 1.807) is 19.1 Å². The minimum atomic E-state index is -4.62. The van der Waals surface area contributed by atoms with Crippen LogP contribution in [0.3, 0.4) is 0 Å². The molecule has 0 bridgehead atoms. The Morgan fingerprint density at radius 2 is 1.66 bits per heavy atom. The smallest absolute Gasteiger partial charge is 0.451 e. The zero-order chi connectivity index (χ0) is 26.0. The number of hydrogen-bond acceptors (Lipinski definition) is 7. The molecule has 1 aliphatic heterocycles. The maximum atomic E-state index is 13.6. The Morgan fingerprint density at radius 1 is 0.974 bits per heavy atom. The highest BCUT2D eigenvalue weighted by atomic mass is 19.4. The molecule has 8 nitrogen and oxygen atoms in total. The van der Waals surface area contributed by atoms with Crippen molar-refractivity contribution in [1.29, 1.82) is 0 Å². The Bertz CT molecular complexity index is 1380. The molecular weight excluding hydrogens is 504 g/mol. The molecule has 2 aromatic heterocycles. The normalized spacial score (nSPS) is 15.1. The summed E-state index contributed by atoms with van der Waals surface area (Å²) in [5.41, 5.74) is 2.58. The molecule has 1 N–H and O–H groups in total. The second kappa shape index (κ2) is 11.2. The van der Waals surface area contributed by atoms with Crippen molar-refractivity contribution in [2.75, 3.05) is 18.5 Å². The van der Waals surface area contributed by atoms with E-state index in [9.17, 15) is 17.6 Å². The van der Waals surface area contributed by atoms with E-state index in [0.717, 1.165) is 36.4 Å². The predicted molar refractivity (Wildman–Crippen MR) is 131 cm³/mol. The van der Waals surface area contributed by atoms with Crippen LogP contribution in [0, 0.1) is 5.82 Å². The van der Waals surface area contributed by atoms with E-state index in [2.05, 4.69) is 25.3 Å². The molecular formula is C26H23F4N6O2. The van der Waals surface area contributed by atoms with E-state index in [4.69, 9.17) is 9.47 Å². The number of alkyl halides is 3. The number of nitrogens with zero attached hydrogens (tertiary/aromatic N) is 5. The third kappa shape index (κ3) is 5.97. The van der Waals surface area contributed by atoms with Crippen molar-refractivity contribution in [3.63, 3.8) is 0 Å². The molecule has 197 valence electrons. The molecule has 1 saturated heterocycles. The van der Waals surface area contributed by atoms with Crippen LogP contribution >= 0.6 is 0 Å². The number of aromatic nitrogens is 4. The summed E-state index contributed by atoms with van der Waals surface area (Å²) in [6, 6.07) is 9.39. The van der Waals surface area contributed by atoms with Gasteiger partial charge in [0.25, 0.3) is 0 Å². The summed E-state index contributed by atoms with van der Waals surface area (Å²) in [5.74, 6) is -0.533. The summed E-state index contributed by atoms with van der Waals surface area (Å²) in [6.07, 6.45) is 0.494. The monoisotopic (exact) mass is 527 g/mol. The molecule has 1 aliphatic rings. The fourth-order valence-electron chi connectivity index (χ4n) is 4.12. The van der Waals surface area contributed by atoms with Gasteiger partial charge in [-0.05, 0) is 42.3 Å². The van der Waals surface area contributed by atoms with Gasteiger partial charge in [-0.1, -0.05) is 12.1 Å². The molecule has 0 aliphatic carbocycles. The summed E-state index contributed by atoms with van der Waals surface area (Å²) in [7, 11) is 0. The maximum Gasteiger partial charge on any atom is 0.451 e. The van der Waals surface area contributed by atoms with Crippen molar-refractivity contribution in [1.82, 2.24) is 26.1 Å². The van der Waals surface area contributed by atoms with Crippen LogP contribution in [-0.4, -0.2) is 39.3 Å². The lowest BCUT2D eigenvalue weighted by Crippen LogP contribution is -2.26. The highest BCUT2D eigenvalue weighted by molar-refractivity contribution is 5.96. The molecule has 1 atom stereocenters. The molecule has 38 heavy (non-hydrogen) atoms. The third-order valence-electron chi connectivity index (χ3n) is 6.12. The Balaban J connectivity index is 0.00000336. The number of nitrogens with one attached hydrogen (secondary N) is 1. The van der Waals surface area contributed by atoms with E-state index >= 15 is 0 Å². The zero-order valence-corrected chi connectivity index (χ0v) is 20.2. The SMILES string of the molecule is CC(Nc1ncnc2c(OC3CCOCC3)cc(-c3ccc(F)cc3)cc12)c1cnc(C(F)(F)F)nc1.[N]. The highest BCUT2D eigenvalue weighted by Crippen LogP contribution is 2.36. The van der Waals surface area contributed by atoms with Gasteiger partial charge in [0.1, 0.15) is 35.3 Å². The van der Waals surface area contributed by atoms with Crippen molar-refractivity contribution >= 4 is 16.7 Å². The predicted octanol–water partition coefficient (Wildman–Crippen LogP) is 5.50. The van der Waals surface area contributed by atoms with Gasteiger partial charge in [-0.25, -0.2) is 24.3 Å². The van der Waals surface area contributed by atoms with E-state index in [-0.39, 0.29) is 18.1 Å². The fourth-order valence-corrected chi connectivity index (χ4v) is 4.12. The Hall–Kier alpha value is -3.90.